The minimum absolute atomic E-state index is 0.148. The van der Waals surface area contributed by atoms with E-state index in [1.807, 2.05) is 19.1 Å². The van der Waals surface area contributed by atoms with Crippen LogP contribution in [-0.2, 0) is 11.3 Å². The van der Waals surface area contributed by atoms with Gasteiger partial charge in [0.15, 0.2) is 0 Å². The number of aliphatic carboxylic acids is 1. The van der Waals surface area contributed by atoms with E-state index in [1.54, 1.807) is 34.9 Å². The molecule has 0 spiro atoms. The van der Waals surface area contributed by atoms with E-state index in [-0.39, 0.29) is 11.4 Å². The van der Waals surface area contributed by atoms with Gasteiger partial charge in [-0.15, -0.1) is 0 Å². The Kier molecular flexibility index (Phi) is 6.24. The quantitative estimate of drug-likeness (QED) is 0.632. The van der Waals surface area contributed by atoms with Crippen LogP contribution in [-0.4, -0.2) is 26.9 Å². The summed E-state index contributed by atoms with van der Waals surface area (Å²) in [5.41, 5.74) is 1.79. The van der Waals surface area contributed by atoms with Crippen LogP contribution in [0.4, 0.5) is 4.39 Å². The Balaban J connectivity index is 2.33. The van der Waals surface area contributed by atoms with E-state index in [2.05, 4.69) is 0 Å². The third-order valence-electron chi connectivity index (χ3n) is 4.65. The number of aliphatic hydroxyl groups is 1. The third kappa shape index (κ3) is 4.43. The highest BCUT2D eigenvalue weighted by molar-refractivity contribution is 5.95. The SMILES string of the molecule is CCCn1c(-c2ccc(F)cc2)c(C=C[C@@H](O)CC(=O)O)c2ccccc2c1=O. The number of nitrogens with zero attached hydrogens (tertiary/aromatic N) is 1. The lowest BCUT2D eigenvalue weighted by Gasteiger charge is -2.18. The van der Waals surface area contributed by atoms with Gasteiger partial charge in [-0.1, -0.05) is 37.3 Å². The molecule has 0 bridgehead atoms. The molecule has 0 aliphatic rings. The number of aliphatic hydroxyl groups excluding tert-OH is 1. The van der Waals surface area contributed by atoms with Gasteiger partial charge in [0.1, 0.15) is 5.82 Å². The molecule has 0 aliphatic carbocycles. The normalized spacial score (nSPS) is 12.5. The molecule has 2 N–H and O–H groups in total. The zero-order chi connectivity index (χ0) is 21.0. The highest BCUT2D eigenvalue weighted by atomic mass is 19.1. The number of rotatable bonds is 7. The maximum absolute atomic E-state index is 13.5. The van der Waals surface area contributed by atoms with E-state index < -0.39 is 18.5 Å². The summed E-state index contributed by atoms with van der Waals surface area (Å²) in [4.78, 5) is 24.0. The summed E-state index contributed by atoms with van der Waals surface area (Å²) >= 11 is 0. The van der Waals surface area contributed by atoms with Gasteiger partial charge in [0, 0.05) is 17.5 Å². The summed E-state index contributed by atoms with van der Waals surface area (Å²) in [5, 5.41) is 20.1. The Morgan fingerprint density at radius 1 is 1.14 bits per heavy atom. The number of fused-ring (bicyclic) bond motifs is 1. The van der Waals surface area contributed by atoms with E-state index in [0.29, 0.717) is 34.1 Å². The smallest absolute Gasteiger partial charge is 0.306 e. The molecular formula is C23H22FNO4. The number of carboxylic acid groups (broad SMARTS) is 1. The van der Waals surface area contributed by atoms with Crippen molar-refractivity contribution >= 4 is 22.8 Å². The number of carbonyl (C=O) groups is 1. The zero-order valence-corrected chi connectivity index (χ0v) is 16.0. The van der Waals surface area contributed by atoms with Crippen molar-refractivity contribution in [3.05, 3.63) is 76.3 Å². The molecule has 5 nitrogen and oxygen atoms in total. The van der Waals surface area contributed by atoms with Gasteiger partial charge in [-0.2, -0.15) is 0 Å². The van der Waals surface area contributed by atoms with Gasteiger partial charge in [0.2, 0.25) is 0 Å². The van der Waals surface area contributed by atoms with E-state index in [0.717, 1.165) is 6.42 Å². The summed E-state index contributed by atoms with van der Waals surface area (Å²) in [5.74, 6) is -1.49. The topological polar surface area (TPSA) is 79.5 Å². The first-order valence-corrected chi connectivity index (χ1v) is 9.42. The number of hydrogen-bond donors (Lipinski definition) is 2. The monoisotopic (exact) mass is 395 g/mol. The first-order valence-electron chi connectivity index (χ1n) is 9.42. The Bertz CT molecular complexity index is 1120. The van der Waals surface area contributed by atoms with Crippen LogP contribution in [0.5, 0.6) is 0 Å². The molecule has 6 heteroatoms. The molecule has 0 saturated heterocycles. The molecule has 1 heterocycles. The number of pyridine rings is 1. The van der Waals surface area contributed by atoms with Gasteiger partial charge in [-0.25, -0.2) is 4.39 Å². The van der Waals surface area contributed by atoms with Gasteiger partial charge in [0.25, 0.3) is 5.56 Å². The van der Waals surface area contributed by atoms with Gasteiger partial charge < -0.3 is 14.8 Å². The summed E-state index contributed by atoms with van der Waals surface area (Å²) < 4.78 is 15.1. The molecule has 0 unspecified atom stereocenters. The highest BCUT2D eigenvalue weighted by Crippen LogP contribution is 2.30. The number of aromatic nitrogens is 1. The van der Waals surface area contributed by atoms with Gasteiger partial charge in [0.05, 0.1) is 18.2 Å². The third-order valence-corrected chi connectivity index (χ3v) is 4.65. The molecule has 1 aromatic heterocycles. The zero-order valence-electron chi connectivity index (χ0n) is 16.0. The summed E-state index contributed by atoms with van der Waals surface area (Å²) in [6.45, 7) is 2.43. The predicted octanol–water partition coefficient (Wildman–Crippen LogP) is 4.07. The maximum Gasteiger partial charge on any atom is 0.306 e. The number of hydrogen-bond acceptors (Lipinski definition) is 3. The highest BCUT2D eigenvalue weighted by Gasteiger charge is 2.17. The van der Waals surface area contributed by atoms with Crippen LogP contribution in [0.25, 0.3) is 28.1 Å². The Morgan fingerprint density at radius 2 is 1.79 bits per heavy atom. The average Bonchev–Trinajstić information content (AvgIpc) is 2.69. The molecule has 3 rings (SSSR count). The predicted molar refractivity (Wildman–Crippen MR) is 111 cm³/mol. The van der Waals surface area contributed by atoms with Crippen molar-refractivity contribution in [1.82, 2.24) is 4.57 Å². The van der Waals surface area contributed by atoms with Crippen LogP contribution >= 0.6 is 0 Å². The molecular weight excluding hydrogens is 373 g/mol. The van der Waals surface area contributed by atoms with E-state index in [1.165, 1.54) is 18.2 Å². The van der Waals surface area contributed by atoms with E-state index >= 15 is 0 Å². The van der Waals surface area contributed by atoms with Crippen molar-refractivity contribution in [1.29, 1.82) is 0 Å². The van der Waals surface area contributed by atoms with Crippen molar-refractivity contribution in [2.75, 3.05) is 0 Å². The maximum atomic E-state index is 13.5. The van der Waals surface area contributed by atoms with E-state index in [9.17, 15) is 19.1 Å². The van der Waals surface area contributed by atoms with Crippen molar-refractivity contribution in [2.24, 2.45) is 0 Å². The van der Waals surface area contributed by atoms with Crippen LogP contribution in [0.15, 0.2) is 59.4 Å². The number of halogens is 1. The molecule has 0 saturated carbocycles. The summed E-state index contributed by atoms with van der Waals surface area (Å²) in [7, 11) is 0. The van der Waals surface area contributed by atoms with Crippen molar-refractivity contribution in [3.63, 3.8) is 0 Å². The fraction of sp³-hybridized carbons (Fsp3) is 0.217. The van der Waals surface area contributed by atoms with Crippen LogP contribution in [0.3, 0.4) is 0 Å². The Hall–Kier alpha value is -3.25. The molecule has 2 aromatic carbocycles. The molecule has 1 atom stereocenters. The molecule has 0 radical (unpaired) electrons. The first kappa shape index (κ1) is 20.5. The van der Waals surface area contributed by atoms with Crippen LogP contribution < -0.4 is 5.56 Å². The van der Waals surface area contributed by atoms with Crippen molar-refractivity contribution in [3.8, 4) is 11.3 Å². The van der Waals surface area contributed by atoms with Gasteiger partial charge in [-0.05, 0) is 47.7 Å². The average molecular weight is 395 g/mol. The van der Waals surface area contributed by atoms with Crippen LogP contribution in [0, 0.1) is 5.82 Å². The second-order valence-electron chi connectivity index (χ2n) is 6.80. The molecule has 0 aliphatic heterocycles. The molecule has 0 fully saturated rings. The Morgan fingerprint density at radius 3 is 2.41 bits per heavy atom. The lowest BCUT2D eigenvalue weighted by atomic mass is 9.97. The van der Waals surface area contributed by atoms with E-state index in [4.69, 9.17) is 5.11 Å². The van der Waals surface area contributed by atoms with Crippen LogP contribution in [0.2, 0.25) is 0 Å². The van der Waals surface area contributed by atoms with Crippen molar-refractivity contribution in [2.45, 2.75) is 32.4 Å². The summed E-state index contributed by atoms with van der Waals surface area (Å²) in [6.07, 6.45) is 2.18. The molecule has 150 valence electrons. The molecule has 3 aromatic rings. The molecule has 29 heavy (non-hydrogen) atoms. The van der Waals surface area contributed by atoms with Crippen molar-refractivity contribution < 1.29 is 19.4 Å². The first-order chi connectivity index (χ1) is 13.9. The minimum atomic E-state index is -1.17. The fourth-order valence-electron chi connectivity index (χ4n) is 3.40. The fourth-order valence-corrected chi connectivity index (χ4v) is 3.40. The number of carboxylic acids is 1. The summed E-state index contributed by atoms with van der Waals surface area (Å²) in [6, 6.07) is 13.0. The second kappa shape index (κ2) is 8.84. The van der Waals surface area contributed by atoms with Gasteiger partial charge in [-0.3, -0.25) is 9.59 Å². The van der Waals surface area contributed by atoms with Crippen LogP contribution in [0.1, 0.15) is 25.3 Å². The minimum Gasteiger partial charge on any atom is -0.481 e. The lowest BCUT2D eigenvalue weighted by Crippen LogP contribution is -2.23. The Labute approximate surface area is 167 Å². The standard InChI is InChI=1S/C23H22FNO4/c1-2-13-25-22(15-7-9-16(24)10-8-15)19(12-11-17(26)14-21(27)28)18-5-3-4-6-20(18)23(25)29/h3-12,17,26H,2,13-14H2,1H3,(H,27,28)/t17-/m1/s1. The van der Waals surface area contributed by atoms with Gasteiger partial charge >= 0.3 is 5.97 Å². The largest absolute Gasteiger partial charge is 0.481 e. The lowest BCUT2D eigenvalue weighted by molar-refractivity contribution is -0.138. The molecule has 0 amide bonds. The second-order valence-corrected chi connectivity index (χ2v) is 6.80. The number of benzene rings is 2.